The quantitative estimate of drug-likeness (QED) is 0.836. The van der Waals surface area contributed by atoms with Crippen molar-refractivity contribution < 1.29 is 4.74 Å². The van der Waals surface area contributed by atoms with Crippen molar-refractivity contribution in [2.45, 2.75) is 27.2 Å². The molecule has 0 heterocycles. The van der Waals surface area contributed by atoms with Crippen molar-refractivity contribution in [3.05, 3.63) is 53.6 Å². The van der Waals surface area contributed by atoms with Crippen LogP contribution < -0.4 is 10.1 Å². The molecule has 2 nitrogen and oxygen atoms in total. The van der Waals surface area contributed by atoms with E-state index in [0.29, 0.717) is 6.61 Å². The maximum absolute atomic E-state index is 5.49. The summed E-state index contributed by atoms with van der Waals surface area (Å²) in [5, 5.41) is 3.44. The Balaban J connectivity index is 2.13. The Morgan fingerprint density at radius 3 is 2.32 bits per heavy atom. The lowest BCUT2D eigenvalue weighted by Crippen LogP contribution is -1.96. The Hall–Kier alpha value is -1.96. The van der Waals surface area contributed by atoms with E-state index in [1.54, 1.807) is 0 Å². The minimum Gasteiger partial charge on any atom is -0.494 e. The number of nitrogens with one attached hydrogen (secondary N) is 1. The minimum atomic E-state index is 0.699. The van der Waals surface area contributed by atoms with Crippen LogP contribution in [0, 0.1) is 6.92 Å². The molecule has 0 amide bonds. The van der Waals surface area contributed by atoms with Gasteiger partial charge in [-0.15, -0.1) is 0 Å². The fourth-order valence-corrected chi connectivity index (χ4v) is 2.01. The van der Waals surface area contributed by atoms with Crippen LogP contribution in [0.4, 0.5) is 11.4 Å². The van der Waals surface area contributed by atoms with Crippen molar-refractivity contribution in [1.82, 2.24) is 0 Å². The highest BCUT2D eigenvalue weighted by Gasteiger charge is 2.01. The summed E-state index contributed by atoms with van der Waals surface area (Å²) in [7, 11) is 0. The summed E-state index contributed by atoms with van der Waals surface area (Å²) in [6.45, 7) is 6.95. The summed E-state index contributed by atoms with van der Waals surface area (Å²) in [6, 6.07) is 14.7. The highest BCUT2D eigenvalue weighted by Crippen LogP contribution is 2.25. The molecule has 0 spiro atoms. The molecule has 0 aliphatic rings. The van der Waals surface area contributed by atoms with Crippen molar-refractivity contribution in [2.75, 3.05) is 11.9 Å². The topological polar surface area (TPSA) is 21.3 Å². The normalized spacial score (nSPS) is 10.3. The first kappa shape index (κ1) is 13.5. The number of hydrogen-bond donors (Lipinski definition) is 1. The molecule has 2 rings (SSSR count). The standard InChI is InChI=1S/C17H21NO/c1-4-14-6-8-15(9-7-14)18-17-11-10-16(19-5-2)12-13(17)3/h6-12,18H,4-5H2,1-3H3. The monoisotopic (exact) mass is 255 g/mol. The number of benzene rings is 2. The van der Waals surface area contributed by atoms with Gasteiger partial charge in [-0.25, -0.2) is 0 Å². The van der Waals surface area contributed by atoms with Gasteiger partial charge in [0.15, 0.2) is 0 Å². The van der Waals surface area contributed by atoms with E-state index in [2.05, 4.69) is 55.6 Å². The fourth-order valence-electron chi connectivity index (χ4n) is 2.01. The molecular formula is C17H21NO. The van der Waals surface area contributed by atoms with Crippen LogP contribution in [0.5, 0.6) is 5.75 Å². The molecular weight excluding hydrogens is 234 g/mol. The van der Waals surface area contributed by atoms with Crippen molar-refractivity contribution >= 4 is 11.4 Å². The SMILES string of the molecule is CCOc1ccc(Nc2ccc(CC)cc2)c(C)c1. The second-order valence-corrected chi connectivity index (χ2v) is 4.59. The third-order valence-electron chi connectivity index (χ3n) is 3.15. The lowest BCUT2D eigenvalue weighted by molar-refractivity contribution is 0.340. The maximum Gasteiger partial charge on any atom is 0.119 e. The lowest BCUT2D eigenvalue weighted by atomic mass is 10.1. The van der Waals surface area contributed by atoms with Gasteiger partial charge in [0.1, 0.15) is 5.75 Å². The first-order chi connectivity index (χ1) is 9.22. The molecule has 0 atom stereocenters. The van der Waals surface area contributed by atoms with Crippen LogP contribution in [0.2, 0.25) is 0 Å². The number of aryl methyl sites for hydroxylation is 2. The third kappa shape index (κ3) is 3.50. The van der Waals surface area contributed by atoms with Gasteiger partial charge in [-0.05, 0) is 61.7 Å². The van der Waals surface area contributed by atoms with E-state index in [0.717, 1.165) is 23.5 Å². The van der Waals surface area contributed by atoms with E-state index in [1.807, 2.05) is 13.0 Å². The van der Waals surface area contributed by atoms with Crippen LogP contribution in [-0.4, -0.2) is 6.61 Å². The number of rotatable bonds is 5. The molecule has 0 radical (unpaired) electrons. The Morgan fingerprint density at radius 2 is 1.74 bits per heavy atom. The van der Waals surface area contributed by atoms with Crippen molar-refractivity contribution in [3.8, 4) is 5.75 Å². The Labute approximate surface area is 115 Å². The Kier molecular flexibility index (Phi) is 4.45. The molecule has 2 aromatic carbocycles. The van der Waals surface area contributed by atoms with Gasteiger partial charge < -0.3 is 10.1 Å². The molecule has 0 bridgehead atoms. The zero-order valence-electron chi connectivity index (χ0n) is 11.9. The highest BCUT2D eigenvalue weighted by atomic mass is 16.5. The smallest absolute Gasteiger partial charge is 0.119 e. The summed E-state index contributed by atoms with van der Waals surface area (Å²) in [4.78, 5) is 0. The van der Waals surface area contributed by atoms with Crippen LogP contribution in [-0.2, 0) is 6.42 Å². The van der Waals surface area contributed by atoms with Gasteiger partial charge in [0.2, 0.25) is 0 Å². The molecule has 19 heavy (non-hydrogen) atoms. The summed E-state index contributed by atoms with van der Waals surface area (Å²) in [5.41, 5.74) is 4.77. The van der Waals surface area contributed by atoms with Gasteiger partial charge in [0.25, 0.3) is 0 Å². The average molecular weight is 255 g/mol. The predicted octanol–water partition coefficient (Wildman–Crippen LogP) is 4.70. The van der Waals surface area contributed by atoms with E-state index in [9.17, 15) is 0 Å². The third-order valence-corrected chi connectivity index (χ3v) is 3.15. The second-order valence-electron chi connectivity index (χ2n) is 4.59. The summed E-state index contributed by atoms with van der Waals surface area (Å²) in [6.07, 6.45) is 1.07. The molecule has 0 aliphatic carbocycles. The molecule has 0 saturated carbocycles. The van der Waals surface area contributed by atoms with Crippen LogP contribution in [0.3, 0.4) is 0 Å². The zero-order chi connectivity index (χ0) is 13.7. The molecule has 100 valence electrons. The largest absolute Gasteiger partial charge is 0.494 e. The van der Waals surface area contributed by atoms with Crippen LogP contribution in [0.25, 0.3) is 0 Å². The number of ether oxygens (including phenoxy) is 1. The molecule has 0 aromatic heterocycles. The number of hydrogen-bond acceptors (Lipinski definition) is 2. The van der Waals surface area contributed by atoms with E-state index in [1.165, 1.54) is 11.1 Å². The van der Waals surface area contributed by atoms with Crippen molar-refractivity contribution in [1.29, 1.82) is 0 Å². The van der Waals surface area contributed by atoms with E-state index < -0.39 is 0 Å². The average Bonchev–Trinajstić information content (AvgIpc) is 2.43. The molecule has 2 aromatic rings. The van der Waals surface area contributed by atoms with Gasteiger partial charge >= 0.3 is 0 Å². The first-order valence-corrected chi connectivity index (χ1v) is 6.82. The summed E-state index contributed by atoms with van der Waals surface area (Å²) in [5.74, 6) is 0.923. The number of anilines is 2. The van der Waals surface area contributed by atoms with Gasteiger partial charge in [-0.3, -0.25) is 0 Å². The minimum absolute atomic E-state index is 0.699. The molecule has 2 heteroatoms. The molecule has 1 N–H and O–H groups in total. The van der Waals surface area contributed by atoms with Crippen LogP contribution >= 0.6 is 0 Å². The molecule has 0 aliphatic heterocycles. The van der Waals surface area contributed by atoms with Gasteiger partial charge in [0.05, 0.1) is 6.61 Å². The molecule has 0 saturated heterocycles. The maximum atomic E-state index is 5.49. The van der Waals surface area contributed by atoms with E-state index in [-0.39, 0.29) is 0 Å². The van der Waals surface area contributed by atoms with Crippen LogP contribution in [0.15, 0.2) is 42.5 Å². The molecule has 0 unspecified atom stereocenters. The van der Waals surface area contributed by atoms with Crippen LogP contribution in [0.1, 0.15) is 25.0 Å². The van der Waals surface area contributed by atoms with Gasteiger partial charge in [-0.1, -0.05) is 19.1 Å². The highest BCUT2D eigenvalue weighted by molar-refractivity contribution is 5.64. The molecule has 0 fully saturated rings. The lowest BCUT2D eigenvalue weighted by Gasteiger charge is -2.12. The van der Waals surface area contributed by atoms with Crippen molar-refractivity contribution in [2.24, 2.45) is 0 Å². The fraction of sp³-hybridized carbons (Fsp3) is 0.294. The van der Waals surface area contributed by atoms with E-state index in [4.69, 9.17) is 4.74 Å². The van der Waals surface area contributed by atoms with Gasteiger partial charge in [-0.2, -0.15) is 0 Å². The Bertz CT molecular complexity index is 531. The van der Waals surface area contributed by atoms with E-state index >= 15 is 0 Å². The zero-order valence-corrected chi connectivity index (χ0v) is 11.9. The van der Waals surface area contributed by atoms with Crippen molar-refractivity contribution in [3.63, 3.8) is 0 Å². The predicted molar refractivity (Wildman–Crippen MR) is 81.5 cm³/mol. The summed E-state index contributed by atoms with van der Waals surface area (Å²) >= 11 is 0. The first-order valence-electron chi connectivity index (χ1n) is 6.82. The Morgan fingerprint density at radius 1 is 1.00 bits per heavy atom. The summed E-state index contributed by atoms with van der Waals surface area (Å²) < 4.78 is 5.49. The second kappa shape index (κ2) is 6.28. The van der Waals surface area contributed by atoms with Gasteiger partial charge in [0, 0.05) is 11.4 Å².